The summed E-state index contributed by atoms with van der Waals surface area (Å²) in [4.78, 5) is 0. The third kappa shape index (κ3) is 3.08. The molecule has 0 aliphatic carbocycles. The van der Waals surface area contributed by atoms with Crippen molar-refractivity contribution in [1.82, 2.24) is 0 Å². The van der Waals surface area contributed by atoms with E-state index in [9.17, 15) is 0 Å². The lowest BCUT2D eigenvalue weighted by Gasteiger charge is -2.29. The van der Waals surface area contributed by atoms with Crippen LogP contribution in [-0.4, -0.2) is 6.04 Å². The molecular formula is C15H25N. The molecule has 0 heterocycles. The van der Waals surface area contributed by atoms with Gasteiger partial charge in [0.05, 0.1) is 0 Å². The number of nitrogens with two attached hydrogens (primary N) is 1. The molecule has 1 rings (SSSR count). The Balaban J connectivity index is 2.82. The first kappa shape index (κ1) is 13.2. The van der Waals surface area contributed by atoms with Crippen molar-refractivity contribution in [2.24, 2.45) is 11.7 Å². The average Bonchev–Trinajstić information content (AvgIpc) is 2.33. The van der Waals surface area contributed by atoms with Gasteiger partial charge < -0.3 is 5.73 Å². The van der Waals surface area contributed by atoms with Gasteiger partial charge in [0.1, 0.15) is 0 Å². The minimum atomic E-state index is 0.294. The molecule has 0 amide bonds. The Morgan fingerprint density at radius 1 is 0.938 bits per heavy atom. The molecule has 0 radical (unpaired) electrons. The van der Waals surface area contributed by atoms with E-state index in [-0.39, 0.29) is 0 Å². The Morgan fingerprint density at radius 3 is 1.94 bits per heavy atom. The van der Waals surface area contributed by atoms with Crippen molar-refractivity contribution in [1.29, 1.82) is 0 Å². The molecule has 0 saturated carbocycles. The van der Waals surface area contributed by atoms with Crippen LogP contribution in [0.25, 0.3) is 0 Å². The van der Waals surface area contributed by atoms with Crippen LogP contribution in [0, 0.1) is 5.92 Å². The van der Waals surface area contributed by atoms with Crippen molar-refractivity contribution in [2.75, 3.05) is 0 Å². The molecule has 16 heavy (non-hydrogen) atoms. The molecule has 1 nitrogen and oxygen atoms in total. The van der Waals surface area contributed by atoms with Crippen molar-refractivity contribution < 1.29 is 0 Å². The van der Waals surface area contributed by atoms with Crippen molar-refractivity contribution in [3.8, 4) is 0 Å². The summed E-state index contributed by atoms with van der Waals surface area (Å²) >= 11 is 0. The maximum Gasteiger partial charge on any atom is 0.0136 e. The highest BCUT2D eigenvalue weighted by Gasteiger charge is 2.23. The van der Waals surface area contributed by atoms with Gasteiger partial charge in [-0.3, -0.25) is 0 Å². The molecule has 0 saturated heterocycles. The SMILES string of the molecule is CCC(CC)C(N)C(CC)c1ccccc1. The molecule has 0 aliphatic rings. The molecule has 2 atom stereocenters. The first-order valence-corrected chi connectivity index (χ1v) is 6.55. The molecule has 0 fully saturated rings. The average molecular weight is 219 g/mol. The fourth-order valence-electron chi connectivity index (χ4n) is 2.59. The lowest BCUT2D eigenvalue weighted by atomic mass is 9.80. The minimum Gasteiger partial charge on any atom is -0.327 e. The van der Waals surface area contributed by atoms with Gasteiger partial charge >= 0.3 is 0 Å². The van der Waals surface area contributed by atoms with Crippen LogP contribution in [-0.2, 0) is 0 Å². The van der Waals surface area contributed by atoms with Gasteiger partial charge in [-0.15, -0.1) is 0 Å². The minimum absolute atomic E-state index is 0.294. The van der Waals surface area contributed by atoms with Crippen LogP contribution < -0.4 is 5.73 Å². The number of hydrogen-bond acceptors (Lipinski definition) is 1. The highest BCUT2D eigenvalue weighted by Crippen LogP contribution is 2.28. The normalized spacial score (nSPS) is 15.1. The summed E-state index contributed by atoms with van der Waals surface area (Å²) in [6.45, 7) is 6.72. The Hall–Kier alpha value is -0.820. The third-order valence-electron chi connectivity index (χ3n) is 3.73. The number of benzene rings is 1. The van der Waals surface area contributed by atoms with E-state index in [1.54, 1.807) is 0 Å². The maximum atomic E-state index is 6.43. The van der Waals surface area contributed by atoms with Gasteiger partial charge in [0.25, 0.3) is 0 Å². The topological polar surface area (TPSA) is 26.0 Å². The summed E-state index contributed by atoms with van der Waals surface area (Å²) in [5.41, 5.74) is 7.82. The smallest absolute Gasteiger partial charge is 0.0136 e. The molecule has 2 unspecified atom stereocenters. The first-order chi connectivity index (χ1) is 7.74. The Kier molecular flexibility index (Phi) is 5.54. The van der Waals surface area contributed by atoms with Crippen LogP contribution in [0.2, 0.25) is 0 Å². The summed E-state index contributed by atoms with van der Waals surface area (Å²) < 4.78 is 0. The molecule has 2 N–H and O–H groups in total. The zero-order valence-electron chi connectivity index (χ0n) is 10.8. The summed E-state index contributed by atoms with van der Waals surface area (Å²) in [6, 6.07) is 11.0. The highest BCUT2D eigenvalue weighted by molar-refractivity contribution is 5.21. The second kappa shape index (κ2) is 6.70. The first-order valence-electron chi connectivity index (χ1n) is 6.55. The fourth-order valence-corrected chi connectivity index (χ4v) is 2.59. The molecule has 0 aromatic heterocycles. The monoisotopic (exact) mass is 219 g/mol. The molecule has 1 aromatic rings. The molecular weight excluding hydrogens is 194 g/mol. The van der Waals surface area contributed by atoms with E-state index in [0.717, 1.165) is 6.42 Å². The number of rotatable bonds is 6. The van der Waals surface area contributed by atoms with Crippen LogP contribution in [0.3, 0.4) is 0 Å². The highest BCUT2D eigenvalue weighted by atomic mass is 14.7. The van der Waals surface area contributed by atoms with Crippen LogP contribution >= 0.6 is 0 Å². The van der Waals surface area contributed by atoms with Gasteiger partial charge in [0, 0.05) is 6.04 Å². The third-order valence-corrected chi connectivity index (χ3v) is 3.73. The number of hydrogen-bond donors (Lipinski definition) is 1. The summed E-state index contributed by atoms with van der Waals surface area (Å²) in [5.74, 6) is 1.15. The summed E-state index contributed by atoms with van der Waals surface area (Å²) in [5, 5.41) is 0. The van der Waals surface area contributed by atoms with Crippen molar-refractivity contribution in [3.05, 3.63) is 35.9 Å². The zero-order chi connectivity index (χ0) is 12.0. The van der Waals surface area contributed by atoms with Crippen LogP contribution in [0.4, 0.5) is 0 Å². The van der Waals surface area contributed by atoms with Crippen molar-refractivity contribution in [3.63, 3.8) is 0 Å². The molecule has 0 aliphatic heterocycles. The van der Waals surface area contributed by atoms with E-state index in [2.05, 4.69) is 51.1 Å². The second-order valence-corrected chi connectivity index (χ2v) is 4.58. The maximum absolute atomic E-state index is 6.43. The van der Waals surface area contributed by atoms with E-state index in [1.165, 1.54) is 18.4 Å². The second-order valence-electron chi connectivity index (χ2n) is 4.58. The van der Waals surface area contributed by atoms with E-state index in [0.29, 0.717) is 17.9 Å². The van der Waals surface area contributed by atoms with Gasteiger partial charge in [0.2, 0.25) is 0 Å². The Morgan fingerprint density at radius 2 is 1.50 bits per heavy atom. The zero-order valence-corrected chi connectivity index (χ0v) is 10.8. The van der Waals surface area contributed by atoms with E-state index < -0.39 is 0 Å². The molecule has 0 spiro atoms. The van der Waals surface area contributed by atoms with Crippen LogP contribution in [0.1, 0.15) is 51.5 Å². The fraction of sp³-hybridized carbons (Fsp3) is 0.600. The Labute approximate surface area is 100 Å². The van der Waals surface area contributed by atoms with Gasteiger partial charge in [-0.05, 0) is 23.8 Å². The van der Waals surface area contributed by atoms with E-state index in [1.807, 2.05) is 0 Å². The Bertz CT molecular complexity index is 277. The van der Waals surface area contributed by atoms with Crippen LogP contribution in [0.5, 0.6) is 0 Å². The predicted octanol–water partition coefficient (Wildman–Crippen LogP) is 3.94. The quantitative estimate of drug-likeness (QED) is 0.770. The molecule has 1 heteroatoms. The van der Waals surface area contributed by atoms with Crippen LogP contribution in [0.15, 0.2) is 30.3 Å². The molecule has 1 aromatic carbocycles. The van der Waals surface area contributed by atoms with Gasteiger partial charge in [-0.2, -0.15) is 0 Å². The molecule has 90 valence electrons. The summed E-state index contributed by atoms with van der Waals surface area (Å²) in [6.07, 6.45) is 3.49. The lowest BCUT2D eigenvalue weighted by Crippen LogP contribution is -2.35. The summed E-state index contributed by atoms with van der Waals surface area (Å²) in [7, 11) is 0. The van der Waals surface area contributed by atoms with E-state index >= 15 is 0 Å². The van der Waals surface area contributed by atoms with Gasteiger partial charge in [-0.1, -0.05) is 63.9 Å². The molecule has 0 bridgehead atoms. The van der Waals surface area contributed by atoms with Gasteiger partial charge in [0.15, 0.2) is 0 Å². The predicted molar refractivity (Wildman–Crippen MR) is 71.5 cm³/mol. The largest absolute Gasteiger partial charge is 0.327 e. The van der Waals surface area contributed by atoms with Crippen molar-refractivity contribution >= 4 is 0 Å². The standard InChI is InChI=1S/C15H25N/c1-4-12(5-2)15(16)14(6-3)13-10-8-7-9-11-13/h7-12,14-15H,4-6,16H2,1-3H3. The van der Waals surface area contributed by atoms with E-state index in [4.69, 9.17) is 5.73 Å². The van der Waals surface area contributed by atoms with Crippen molar-refractivity contribution in [2.45, 2.75) is 52.0 Å². The van der Waals surface area contributed by atoms with Gasteiger partial charge in [-0.25, -0.2) is 0 Å². The lowest BCUT2D eigenvalue weighted by molar-refractivity contribution is 0.341.